The lowest BCUT2D eigenvalue weighted by atomic mass is 10.1. The first kappa shape index (κ1) is 18.8. The summed E-state index contributed by atoms with van der Waals surface area (Å²) in [7, 11) is 0. The van der Waals surface area contributed by atoms with Gasteiger partial charge in [0.15, 0.2) is 5.16 Å². The molecule has 1 aromatic carbocycles. The highest BCUT2D eigenvalue weighted by atomic mass is 32.2. The molecule has 8 heteroatoms. The smallest absolute Gasteiger partial charge is 0.228 e. The first-order valence-corrected chi connectivity index (χ1v) is 11.2. The molecule has 152 valence electrons. The fourth-order valence-electron chi connectivity index (χ4n) is 3.96. The van der Waals surface area contributed by atoms with Crippen LogP contribution in [-0.4, -0.2) is 58.8 Å². The van der Waals surface area contributed by atoms with Crippen molar-refractivity contribution in [1.82, 2.24) is 19.7 Å². The summed E-state index contributed by atoms with van der Waals surface area (Å²) in [4.78, 5) is 6.85. The van der Waals surface area contributed by atoms with Gasteiger partial charge < -0.3 is 14.4 Å². The molecule has 1 atom stereocenters. The van der Waals surface area contributed by atoms with Crippen LogP contribution >= 0.6 is 11.8 Å². The van der Waals surface area contributed by atoms with Crippen LogP contribution in [-0.2, 0) is 21.8 Å². The molecule has 4 heterocycles. The molecule has 5 rings (SSSR count). The number of benzene rings is 1. The fraction of sp³-hybridized carbons (Fsp3) is 0.476. The number of rotatable bonds is 6. The van der Waals surface area contributed by atoms with Crippen molar-refractivity contribution in [3.05, 3.63) is 42.1 Å². The lowest BCUT2D eigenvalue weighted by molar-refractivity contribution is 0.0942. The highest BCUT2D eigenvalue weighted by Crippen LogP contribution is 2.29. The number of fused-ring (bicyclic) bond motifs is 1. The van der Waals surface area contributed by atoms with Crippen molar-refractivity contribution in [2.45, 2.75) is 36.4 Å². The van der Waals surface area contributed by atoms with Crippen molar-refractivity contribution in [2.75, 3.05) is 37.8 Å². The van der Waals surface area contributed by atoms with Gasteiger partial charge in [-0.15, -0.1) is 10.2 Å². The van der Waals surface area contributed by atoms with Crippen LogP contribution < -0.4 is 4.90 Å². The molecule has 2 aromatic heterocycles. The molecule has 1 unspecified atom stereocenters. The van der Waals surface area contributed by atoms with E-state index in [1.807, 2.05) is 12.3 Å². The second-order valence-electron chi connectivity index (χ2n) is 7.41. The Morgan fingerprint density at radius 1 is 1.07 bits per heavy atom. The summed E-state index contributed by atoms with van der Waals surface area (Å²) in [6, 6.07) is 10.4. The number of aromatic nitrogens is 4. The van der Waals surface area contributed by atoms with Crippen molar-refractivity contribution in [2.24, 2.45) is 0 Å². The maximum Gasteiger partial charge on any atom is 0.228 e. The summed E-state index contributed by atoms with van der Waals surface area (Å²) in [6.45, 7) is 4.82. The normalized spacial score (nSPS) is 19.9. The summed E-state index contributed by atoms with van der Waals surface area (Å²) >= 11 is 1.72. The SMILES string of the molecule is c1cnc2c(CSc3nnc(N4CCOCC4)n3CC3CCCO3)cccc2c1. The van der Waals surface area contributed by atoms with Crippen LogP contribution in [0.15, 0.2) is 41.7 Å². The van der Waals surface area contributed by atoms with Crippen molar-refractivity contribution in [3.63, 3.8) is 0 Å². The van der Waals surface area contributed by atoms with Gasteiger partial charge >= 0.3 is 0 Å². The summed E-state index contributed by atoms with van der Waals surface area (Å²) in [6.07, 6.45) is 4.32. The number of pyridine rings is 1. The number of thioether (sulfide) groups is 1. The van der Waals surface area contributed by atoms with Crippen LogP contribution in [0.2, 0.25) is 0 Å². The molecule has 0 saturated carbocycles. The molecule has 3 aromatic rings. The Kier molecular flexibility index (Phi) is 5.64. The van der Waals surface area contributed by atoms with E-state index in [4.69, 9.17) is 9.47 Å². The predicted octanol–water partition coefficient (Wildman–Crippen LogP) is 3.13. The van der Waals surface area contributed by atoms with E-state index in [0.29, 0.717) is 0 Å². The van der Waals surface area contributed by atoms with Crippen LogP contribution in [0.1, 0.15) is 18.4 Å². The minimum atomic E-state index is 0.240. The standard InChI is InChI=1S/C21H25N5O2S/c1-4-16-6-2-8-22-19(16)17(5-1)15-29-21-24-23-20(25-9-12-27-13-10-25)26(21)14-18-7-3-11-28-18/h1-2,4-6,8,18H,3,7,9-15H2. The Hall–Kier alpha value is -2.16. The first-order chi connectivity index (χ1) is 14.4. The molecule has 0 aliphatic carbocycles. The zero-order chi connectivity index (χ0) is 19.5. The van der Waals surface area contributed by atoms with Crippen molar-refractivity contribution < 1.29 is 9.47 Å². The van der Waals surface area contributed by atoms with E-state index < -0.39 is 0 Å². The van der Waals surface area contributed by atoms with Crippen molar-refractivity contribution in [3.8, 4) is 0 Å². The molecule has 2 aliphatic heterocycles. The third kappa shape index (κ3) is 4.10. The van der Waals surface area contributed by atoms with E-state index >= 15 is 0 Å². The molecule has 2 saturated heterocycles. The molecule has 0 radical (unpaired) electrons. The Morgan fingerprint density at radius 2 is 1.97 bits per heavy atom. The lowest BCUT2D eigenvalue weighted by Gasteiger charge is -2.28. The molecule has 0 N–H and O–H groups in total. The maximum absolute atomic E-state index is 5.91. The molecule has 2 aliphatic rings. The number of para-hydroxylation sites is 1. The zero-order valence-corrected chi connectivity index (χ0v) is 17.2. The van der Waals surface area contributed by atoms with Crippen LogP contribution in [0.5, 0.6) is 0 Å². The molecule has 0 amide bonds. The minimum Gasteiger partial charge on any atom is -0.378 e. The number of ether oxygens (including phenoxy) is 2. The third-order valence-corrected chi connectivity index (χ3v) is 6.49. The van der Waals surface area contributed by atoms with Gasteiger partial charge in [0.2, 0.25) is 5.95 Å². The van der Waals surface area contributed by atoms with Gasteiger partial charge in [-0.3, -0.25) is 9.55 Å². The van der Waals surface area contributed by atoms with E-state index in [-0.39, 0.29) is 6.10 Å². The highest BCUT2D eigenvalue weighted by Gasteiger charge is 2.25. The first-order valence-electron chi connectivity index (χ1n) is 10.2. The highest BCUT2D eigenvalue weighted by molar-refractivity contribution is 7.98. The molecule has 7 nitrogen and oxygen atoms in total. The van der Waals surface area contributed by atoms with Gasteiger partial charge in [-0.1, -0.05) is 36.0 Å². The van der Waals surface area contributed by atoms with E-state index in [0.717, 1.165) is 74.7 Å². The average Bonchev–Trinajstić information content (AvgIpc) is 3.43. The molecule has 29 heavy (non-hydrogen) atoms. The summed E-state index contributed by atoms with van der Waals surface area (Å²) < 4.78 is 13.7. The summed E-state index contributed by atoms with van der Waals surface area (Å²) in [5.41, 5.74) is 2.27. The van der Waals surface area contributed by atoms with E-state index in [1.165, 1.54) is 10.9 Å². The number of hydrogen-bond donors (Lipinski definition) is 0. The Labute approximate surface area is 174 Å². The van der Waals surface area contributed by atoms with E-state index in [2.05, 4.69) is 48.9 Å². The zero-order valence-electron chi connectivity index (χ0n) is 16.4. The number of morpholine rings is 1. The lowest BCUT2D eigenvalue weighted by Crippen LogP contribution is -2.38. The summed E-state index contributed by atoms with van der Waals surface area (Å²) in [5, 5.41) is 11.2. The minimum absolute atomic E-state index is 0.240. The van der Waals surface area contributed by atoms with Gasteiger partial charge in [-0.05, 0) is 24.5 Å². The van der Waals surface area contributed by atoms with Gasteiger partial charge in [0.25, 0.3) is 0 Å². The van der Waals surface area contributed by atoms with Crippen LogP contribution in [0, 0.1) is 0 Å². The number of hydrogen-bond acceptors (Lipinski definition) is 7. The fourth-order valence-corrected chi connectivity index (χ4v) is 4.89. The monoisotopic (exact) mass is 411 g/mol. The molecular formula is C21H25N5O2S. The second kappa shape index (κ2) is 8.69. The van der Waals surface area contributed by atoms with Crippen molar-refractivity contribution >= 4 is 28.6 Å². The van der Waals surface area contributed by atoms with E-state index in [1.54, 1.807) is 11.8 Å². The van der Waals surface area contributed by atoms with Gasteiger partial charge in [0, 0.05) is 37.0 Å². The average molecular weight is 412 g/mol. The Morgan fingerprint density at radius 3 is 2.83 bits per heavy atom. The van der Waals surface area contributed by atoms with Crippen molar-refractivity contribution in [1.29, 1.82) is 0 Å². The van der Waals surface area contributed by atoms with Gasteiger partial charge in [-0.25, -0.2) is 0 Å². The molecular weight excluding hydrogens is 386 g/mol. The van der Waals surface area contributed by atoms with Crippen LogP contribution in [0.4, 0.5) is 5.95 Å². The predicted molar refractivity (Wildman–Crippen MR) is 113 cm³/mol. The number of nitrogens with zero attached hydrogens (tertiary/aromatic N) is 5. The largest absolute Gasteiger partial charge is 0.378 e. The van der Waals surface area contributed by atoms with Gasteiger partial charge in [0.05, 0.1) is 31.4 Å². The van der Waals surface area contributed by atoms with Gasteiger partial charge in [-0.2, -0.15) is 0 Å². The second-order valence-corrected chi connectivity index (χ2v) is 8.35. The molecule has 0 bridgehead atoms. The van der Waals surface area contributed by atoms with Gasteiger partial charge in [0.1, 0.15) is 0 Å². The Bertz CT molecular complexity index is 961. The quantitative estimate of drug-likeness (QED) is 0.577. The Balaban J connectivity index is 1.40. The maximum atomic E-state index is 5.91. The summed E-state index contributed by atoms with van der Waals surface area (Å²) in [5.74, 6) is 1.74. The third-order valence-electron chi connectivity index (χ3n) is 5.47. The molecule has 0 spiro atoms. The van der Waals surface area contributed by atoms with E-state index in [9.17, 15) is 0 Å². The molecule has 2 fully saturated rings. The van der Waals surface area contributed by atoms with Crippen LogP contribution in [0.3, 0.4) is 0 Å². The van der Waals surface area contributed by atoms with Crippen LogP contribution in [0.25, 0.3) is 10.9 Å². The topological polar surface area (TPSA) is 65.3 Å². The number of anilines is 1.